The molecule has 0 spiro atoms. The molecule has 1 fully saturated rings. The molecule has 1 aliphatic rings. The highest BCUT2D eigenvalue weighted by Gasteiger charge is 2.25. The molecule has 0 saturated carbocycles. The van der Waals surface area contributed by atoms with Gasteiger partial charge in [0, 0.05) is 25.6 Å². The zero-order chi connectivity index (χ0) is 13.0. The van der Waals surface area contributed by atoms with Crippen molar-refractivity contribution in [2.24, 2.45) is 5.92 Å². The maximum Gasteiger partial charge on any atom is 0.208 e. The molecule has 2 heterocycles. The van der Waals surface area contributed by atoms with Gasteiger partial charge in [-0.2, -0.15) is 0 Å². The molecule has 18 heavy (non-hydrogen) atoms. The fraction of sp³-hybridized carbons (Fsp3) is 0.786. The fourth-order valence-electron chi connectivity index (χ4n) is 2.72. The van der Waals surface area contributed by atoms with Gasteiger partial charge < -0.3 is 9.73 Å². The Bertz CT molecular complexity index is 364. The molecule has 1 N–H and O–H groups in total. The molecule has 1 aromatic heterocycles. The Morgan fingerprint density at radius 2 is 2.33 bits per heavy atom. The van der Waals surface area contributed by atoms with Gasteiger partial charge in [-0.05, 0) is 18.9 Å². The second-order valence-electron chi connectivity index (χ2n) is 5.24. The van der Waals surface area contributed by atoms with E-state index >= 15 is 0 Å². The Hall–Kier alpha value is -0.870. The molecule has 4 heteroatoms. The summed E-state index contributed by atoms with van der Waals surface area (Å²) in [7, 11) is 0. The summed E-state index contributed by atoms with van der Waals surface area (Å²) in [4.78, 5) is 6.79. The summed E-state index contributed by atoms with van der Waals surface area (Å²) in [6, 6.07) is 0.669. The van der Waals surface area contributed by atoms with Crippen LogP contribution in [0.5, 0.6) is 0 Å². The molecule has 102 valence electrons. The largest absolute Gasteiger partial charge is 0.444 e. The predicted molar refractivity (Wildman–Crippen MR) is 72.4 cm³/mol. The van der Waals surface area contributed by atoms with Crippen molar-refractivity contribution in [3.63, 3.8) is 0 Å². The molecular formula is C14H25N3O. The monoisotopic (exact) mass is 251 g/mol. The molecule has 1 aliphatic heterocycles. The van der Waals surface area contributed by atoms with Crippen LogP contribution in [-0.2, 0) is 13.0 Å². The number of hydrogen-bond donors (Lipinski definition) is 1. The highest BCUT2D eigenvalue weighted by molar-refractivity contribution is 4.94. The second-order valence-corrected chi connectivity index (χ2v) is 5.24. The molecule has 0 radical (unpaired) electrons. The van der Waals surface area contributed by atoms with Crippen molar-refractivity contribution >= 4 is 0 Å². The summed E-state index contributed by atoms with van der Waals surface area (Å²) in [5, 5.41) is 3.57. The first-order chi connectivity index (χ1) is 8.72. The lowest BCUT2D eigenvalue weighted by Crippen LogP contribution is -2.47. The maximum atomic E-state index is 5.68. The van der Waals surface area contributed by atoms with E-state index in [0.29, 0.717) is 12.0 Å². The zero-order valence-electron chi connectivity index (χ0n) is 11.8. The van der Waals surface area contributed by atoms with Gasteiger partial charge in [0.1, 0.15) is 5.76 Å². The van der Waals surface area contributed by atoms with E-state index in [1.54, 1.807) is 0 Å². The Morgan fingerprint density at radius 1 is 1.50 bits per heavy atom. The Balaban J connectivity index is 1.85. The van der Waals surface area contributed by atoms with E-state index in [1.165, 1.54) is 6.42 Å². The van der Waals surface area contributed by atoms with Crippen LogP contribution < -0.4 is 5.32 Å². The number of aryl methyl sites for hydroxylation is 1. The first kappa shape index (κ1) is 13.6. The van der Waals surface area contributed by atoms with E-state index in [2.05, 4.69) is 36.0 Å². The molecule has 2 atom stereocenters. The summed E-state index contributed by atoms with van der Waals surface area (Å²) in [6.45, 7) is 10.8. The quantitative estimate of drug-likeness (QED) is 0.869. The molecule has 2 rings (SSSR count). The molecule has 0 aromatic carbocycles. The van der Waals surface area contributed by atoms with Gasteiger partial charge in [0.15, 0.2) is 0 Å². The Labute approximate surface area is 110 Å². The van der Waals surface area contributed by atoms with Gasteiger partial charge in [0.2, 0.25) is 5.89 Å². The smallest absolute Gasteiger partial charge is 0.208 e. The van der Waals surface area contributed by atoms with Crippen LogP contribution in [0.15, 0.2) is 10.6 Å². The number of aromatic nitrogens is 1. The van der Waals surface area contributed by atoms with Gasteiger partial charge >= 0.3 is 0 Å². The summed E-state index contributed by atoms with van der Waals surface area (Å²) in [6.07, 6.45) is 3.99. The first-order valence-electron chi connectivity index (χ1n) is 7.12. The lowest BCUT2D eigenvalue weighted by molar-refractivity contribution is 0.131. The topological polar surface area (TPSA) is 41.3 Å². The van der Waals surface area contributed by atoms with Crippen molar-refractivity contribution < 1.29 is 4.42 Å². The van der Waals surface area contributed by atoms with Gasteiger partial charge in [0.25, 0.3) is 0 Å². The van der Waals surface area contributed by atoms with E-state index in [1.807, 2.05) is 6.20 Å². The SMILES string of the molecule is CCNC1CCN(Cc2ncc(CC)o2)CC1C. The minimum absolute atomic E-state index is 0.669. The molecule has 4 nitrogen and oxygen atoms in total. The van der Waals surface area contributed by atoms with Gasteiger partial charge in [-0.1, -0.05) is 20.8 Å². The van der Waals surface area contributed by atoms with E-state index in [0.717, 1.165) is 44.3 Å². The normalized spacial score (nSPS) is 25.5. The summed E-state index contributed by atoms with van der Waals surface area (Å²) in [5.74, 6) is 2.54. The van der Waals surface area contributed by atoms with E-state index in [4.69, 9.17) is 4.42 Å². The second kappa shape index (κ2) is 6.34. The van der Waals surface area contributed by atoms with Crippen LogP contribution in [0.25, 0.3) is 0 Å². The lowest BCUT2D eigenvalue weighted by atomic mass is 9.94. The molecular weight excluding hydrogens is 226 g/mol. The summed E-state index contributed by atoms with van der Waals surface area (Å²) in [5.41, 5.74) is 0. The van der Waals surface area contributed by atoms with E-state index in [-0.39, 0.29) is 0 Å². The van der Waals surface area contributed by atoms with Crippen LogP contribution >= 0.6 is 0 Å². The van der Waals surface area contributed by atoms with Crippen molar-refractivity contribution in [2.75, 3.05) is 19.6 Å². The molecule has 2 unspecified atom stereocenters. The van der Waals surface area contributed by atoms with E-state index in [9.17, 15) is 0 Å². The van der Waals surface area contributed by atoms with E-state index < -0.39 is 0 Å². The van der Waals surface area contributed by atoms with Crippen molar-refractivity contribution in [1.82, 2.24) is 15.2 Å². The minimum Gasteiger partial charge on any atom is -0.444 e. The van der Waals surface area contributed by atoms with Gasteiger partial charge in [-0.3, -0.25) is 4.90 Å². The maximum absolute atomic E-state index is 5.68. The average Bonchev–Trinajstić information content (AvgIpc) is 2.80. The van der Waals surface area contributed by atoms with Crippen LogP contribution in [0.2, 0.25) is 0 Å². The number of nitrogens with zero attached hydrogens (tertiary/aromatic N) is 2. The highest BCUT2D eigenvalue weighted by Crippen LogP contribution is 2.18. The standard InChI is InChI=1S/C14H25N3O/c1-4-12-8-16-14(18-12)10-17-7-6-13(15-5-2)11(3)9-17/h8,11,13,15H,4-7,9-10H2,1-3H3. The van der Waals surface area contributed by atoms with Crippen LogP contribution in [0.1, 0.15) is 38.8 Å². The van der Waals surface area contributed by atoms with Crippen molar-refractivity contribution in [3.05, 3.63) is 17.8 Å². The van der Waals surface area contributed by atoms with Crippen LogP contribution in [0, 0.1) is 5.92 Å². The lowest BCUT2D eigenvalue weighted by Gasteiger charge is -2.36. The molecule has 0 bridgehead atoms. The molecule has 0 amide bonds. The zero-order valence-corrected chi connectivity index (χ0v) is 11.8. The van der Waals surface area contributed by atoms with Crippen molar-refractivity contribution in [2.45, 2.75) is 46.2 Å². The number of oxazole rings is 1. The third kappa shape index (κ3) is 3.33. The number of likely N-dealkylation sites (tertiary alicyclic amines) is 1. The molecule has 1 saturated heterocycles. The van der Waals surface area contributed by atoms with Crippen LogP contribution in [0.3, 0.4) is 0 Å². The van der Waals surface area contributed by atoms with Crippen LogP contribution in [0.4, 0.5) is 0 Å². The molecule has 0 aliphatic carbocycles. The Morgan fingerprint density at radius 3 is 2.94 bits per heavy atom. The predicted octanol–water partition coefficient (Wildman–Crippen LogP) is 2.06. The highest BCUT2D eigenvalue weighted by atomic mass is 16.4. The minimum atomic E-state index is 0.669. The summed E-state index contributed by atoms with van der Waals surface area (Å²) < 4.78 is 5.68. The fourth-order valence-corrected chi connectivity index (χ4v) is 2.72. The van der Waals surface area contributed by atoms with Crippen molar-refractivity contribution in [3.8, 4) is 0 Å². The van der Waals surface area contributed by atoms with Crippen LogP contribution in [-0.4, -0.2) is 35.6 Å². The van der Waals surface area contributed by atoms with Gasteiger partial charge in [-0.15, -0.1) is 0 Å². The van der Waals surface area contributed by atoms with Gasteiger partial charge in [-0.25, -0.2) is 4.98 Å². The Kier molecular flexibility index (Phi) is 4.78. The summed E-state index contributed by atoms with van der Waals surface area (Å²) >= 11 is 0. The third-order valence-corrected chi connectivity index (χ3v) is 3.76. The average molecular weight is 251 g/mol. The number of piperidine rings is 1. The third-order valence-electron chi connectivity index (χ3n) is 3.76. The molecule has 1 aromatic rings. The van der Waals surface area contributed by atoms with Gasteiger partial charge in [0.05, 0.1) is 12.7 Å². The number of nitrogens with one attached hydrogen (secondary N) is 1. The first-order valence-corrected chi connectivity index (χ1v) is 7.12. The van der Waals surface area contributed by atoms with Crippen molar-refractivity contribution in [1.29, 1.82) is 0 Å². The number of rotatable bonds is 5. The number of hydrogen-bond acceptors (Lipinski definition) is 4.